The fraction of sp³-hybridized carbons (Fsp3) is 0.333. The summed E-state index contributed by atoms with van der Waals surface area (Å²) >= 11 is 5.39. The molecule has 6 heteroatoms. The molecule has 0 bridgehead atoms. The largest absolute Gasteiger partial charge is 0.491 e. The maximum atomic E-state index is 12.0. The van der Waals surface area contributed by atoms with Crippen LogP contribution in [0.4, 0.5) is 5.69 Å². The van der Waals surface area contributed by atoms with Crippen LogP contribution in [0.25, 0.3) is 0 Å². The molecule has 2 aromatic rings. The lowest BCUT2D eigenvalue weighted by atomic mass is 10.1. The molecule has 27 heavy (non-hydrogen) atoms. The van der Waals surface area contributed by atoms with Gasteiger partial charge in [0.15, 0.2) is 5.11 Å². The van der Waals surface area contributed by atoms with Crippen molar-refractivity contribution >= 4 is 29.0 Å². The van der Waals surface area contributed by atoms with Gasteiger partial charge < -0.3 is 20.1 Å². The number of esters is 1. The molecule has 0 fully saturated rings. The lowest BCUT2D eigenvalue weighted by Crippen LogP contribution is -2.39. The third-order valence-electron chi connectivity index (χ3n) is 3.98. The fourth-order valence-corrected chi connectivity index (χ4v) is 2.79. The second kappa shape index (κ2) is 9.92. The number of ether oxygens (including phenoxy) is 2. The maximum Gasteiger partial charge on any atom is 0.338 e. The van der Waals surface area contributed by atoms with Gasteiger partial charge in [0, 0.05) is 5.69 Å². The lowest BCUT2D eigenvalue weighted by molar-refractivity contribution is 0.0525. The highest BCUT2D eigenvalue weighted by atomic mass is 32.1. The Morgan fingerprint density at radius 2 is 1.85 bits per heavy atom. The Morgan fingerprint density at radius 1 is 1.15 bits per heavy atom. The van der Waals surface area contributed by atoms with Crippen LogP contribution in [0.1, 0.15) is 35.3 Å². The van der Waals surface area contributed by atoms with Crippen LogP contribution in [0, 0.1) is 13.8 Å². The summed E-state index contributed by atoms with van der Waals surface area (Å²) < 4.78 is 10.8. The molecule has 1 atom stereocenters. The van der Waals surface area contributed by atoms with Crippen molar-refractivity contribution in [1.29, 1.82) is 0 Å². The number of thiocarbonyl (C=S) groups is 1. The second-order valence-corrected chi connectivity index (χ2v) is 6.73. The van der Waals surface area contributed by atoms with Gasteiger partial charge in [-0.25, -0.2) is 4.79 Å². The number of anilines is 1. The first-order valence-corrected chi connectivity index (χ1v) is 9.35. The highest BCUT2D eigenvalue weighted by Crippen LogP contribution is 2.20. The van der Waals surface area contributed by atoms with Gasteiger partial charge in [-0.2, -0.15) is 0 Å². The minimum Gasteiger partial charge on any atom is -0.491 e. The van der Waals surface area contributed by atoms with E-state index in [0.717, 1.165) is 17.0 Å². The Labute approximate surface area is 166 Å². The molecule has 0 aromatic heterocycles. The van der Waals surface area contributed by atoms with Gasteiger partial charge in [0.1, 0.15) is 12.4 Å². The van der Waals surface area contributed by atoms with Gasteiger partial charge in [0.25, 0.3) is 0 Å². The van der Waals surface area contributed by atoms with Crippen LogP contribution in [-0.2, 0) is 4.74 Å². The maximum absolute atomic E-state index is 12.0. The van der Waals surface area contributed by atoms with Crippen molar-refractivity contribution in [2.45, 2.75) is 33.7 Å². The number of nitrogens with one attached hydrogen (secondary N) is 2. The van der Waals surface area contributed by atoms with Crippen molar-refractivity contribution in [3.63, 3.8) is 0 Å². The van der Waals surface area contributed by atoms with E-state index in [4.69, 9.17) is 21.7 Å². The molecule has 0 aliphatic carbocycles. The highest BCUT2D eigenvalue weighted by Gasteiger charge is 2.13. The van der Waals surface area contributed by atoms with Crippen molar-refractivity contribution in [3.8, 4) is 5.75 Å². The van der Waals surface area contributed by atoms with Gasteiger partial charge in [-0.05, 0) is 69.7 Å². The highest BCUT2D eigenvalue weighted by molar-refractivity contribution is 7.80. The van der Waals surface area contributed by atoms with E-state index in [1.807, 2.05) is 51.1 Å². The Hall–Kier alpha value is -2.60. The lowest BCUT2D eigenvalue weighted by Gasteiger charge is -2.19. The smallest absolute Gasteiger partial charge is 0.338 e. The van der Waals surface area contributed by atoms with E-state index in [-0.39, 0.29) is 12.0 Å². The van der Waals surface area contributed by atoms with Crippen molar-refractivity contribution in [1.82, 2.24) is 5.32 Å². The van der Waals surface area contributed by atoms with Crippen molar-refractivity contribution < 1.29 is 14.3 Å². The average Bonchev–Trinajstić information content (AvgIpc) is 2.63. The molecule has 0 amide bonds. The van der Waals surface area contributed by atoms with Crippen molar-refractivity contribution in [2.24, 2.45) is 0 Å². The Bertz CT molecular complexity index is 791. The summed E-state index contributed by atoms with van der Waals surface area (Å²) in [7, 11) is 0. The summed E-state index contributed by atoms with van der Waals surface area (Å²) in [5, 5.41) is 6.80. The first-order chi connectivity index (χ1) is 12.9. The first kappa shape index (κ1) is 20.7. The molecule has 0 spiro atoms. The molecule has 0 saturated heterocycles. The molecule has 0 saturated carbocycles. The number of aryl methyl sites for hydroxylation is 1. The molecule has 0 aliphatic heterocycles. The summed E-state index contributed by atoms with van der Waals surface area (Å²) in [5.74, 6) is 0.489. The molecule has 144 valence electrons. The molecule has 2 aromatic carbocycles. The van der Waals surface area contributed by atoms with Crippen LogP contribution in [0.5, 0.6) is 5.75 Å². The van der Waals surface area contributed by atoms with Crippen LogP contribution in [0.15, 0.2) is 42.5 Å². The summed E-state index contributed by atoms with van der Waals surface area (Å²) in [4.78, 5) is 12.0. The van der Waals surface area contributed by atoms with Crippen LogP contribution in [0.3, 0.4) is 0 Å². The van der Waals surface area contributed by atoms with E-state index < -0.39 is 0 Å². The van der Waals surface area contributed by atoms with E-state index in [1.165, 1.54) is 5.56 Å². The third-order valence-corrected chi connectivity index (χ3v) is 4.20. The van der Waals surface area contributed by atoms with Gasteiger partial charge >= 0.3 is 5.97 Å². The Morgan fingerprint density at radius 3 is 2.52 bits per heavy atom. The molecule has 0 aliphatic rings. The summed E-state index contributed by atoms with van der Waals surface area (Å²) in [6, 6.07) is 13.4. The van der Waals surface area contributed by atoms with E-state index in [9.17, 15) is 4.79 Å². The molecule has 0 unspecified atom stereocenters. The predicted octanol–water partition coefficient (Wildman–Crippen LogP) is 4.23. The van der Waals surface area contributed by atoms with Gasteiger partial charge in [-0.1, -0.05) is 23.8 Å². The number of rotatable bonds is 7. The van der Waals surface area contributed by atoms with Crippen LogP contribution in [0.2, 0.25) is 0 Å². The number of carbonyl (C=O) groups excluding carboxylic acids is 1. The topological polar surface area (TPSA) is 59.6 Å². The summed E-state index contributed by atoms with van der Waals surface area (Å²) in [5.41, 5.74) is 3.29. The Kier molecular flexibility index (Phi) is 7.61. The van der Waals surface area contributed by atoms with E-state index >= 15 is 0 Å². The molecule has 0 radical (unpaired) electrons. The molecular formula is C21H26N2O3S. The zero-order chi connectivity index (χ0) is 19.8. The SMILES string of the molecule is CCOC(=O)c1cccc(NC(=S)N[C@H](C)COc2ccc(C)cc2)c1C. The average molecular weight is 387 g/mol. The standard InChI is InChI=1S/C21H26N2O3S/c1-5-25-20(24)18-7-6-8-19(16(18)4)23-21(27)22-15(3)13-26-17-11-9-14(2)10-12-17/h6-12,15H,5,13H2,1-4H3,(H2,22,23,27)/t15-/m1/s1. The number of hydrogen-bond acceptors (Lipinski definition) is 4. The van der Waals surface area contributed by atoms with Gasteiger partial charge in [-0.15, -0.1) is 0 Å². The minimum absolute atomic E-state index is 0.0137. The number of benzene rings is 2. The van der Waals surface area contributed by atoms with E-state index in [0.29, 0.717) is 23.9 Å². The van der Waals surface area contributed by atoms with E-state index in [2.05, 4.69) is 10.6 Å². The van der Waals surface area contributed by atoms with Gasteiger partial charge in [0.2, 0.25) is 0 Å². The van der Waals surface area contributed by atoms with Crippen molar-refractivity contribution in [2.75, 3.05) is 18.5 Å². The summed E-state index contributed by atoms with van der Waals surface area (Å²) in [6.45, 7) is 8.50. The number of carbonyl (C=O) groups is 1. The second-order valence-electron chi connectivity index (χ2n) is 6.32. The van der Waals surface area contributed by atoms with Crippen LogP contribution < -0.4 is 15.4 Å². The zero-order valence-electron chi connectivity index (χ0n) is 16.2. The number of hydrogen-bond donors (Lipinski definition) is 2. The van der Waals surface area contributed by atoms with Crippen LogP contribution >= 0.6 is 12.2 Å². The normalized spacial score (nSPS) is 11.4. The van der Waals surface area contributed by atoms with E-state index in [1.54, 1.807) is 19.1 Å². The molecular weight excluding hydrogens is 360 g/mol. The molecule has 5 nitrogen and oxygen atoms in total. The minimum atomic E-state index is -0.336. The first-order valence-electron chi connectivity index (χ1n) is 8.94. The summed E-state index contributed by atoms with van der Waals surface area (Å²) in [6.07, 6.45) is 0. The zero-order valence-corrected chi connectivity index (χ0v) is 17.0. The fourth-order valence-electron chi connectivity index (χ4n) is 2.48. The third kappa shape index (κ3) is 6.25. The Balaban J connectivity index is 1.90. The molecule has 2 N–H and O–H groups in total. The molecule has 0 heterocycles. The van der Waals surface area contributed by atoms with Crippen LogP contribution in [-0.4, -0.2) is 30.3 Å². The monoisotopic (exact) mass is 386 g/mol. The molecule has 2 rings (SSSR count). The van der Waals surface area contributed by atoms with Gasteiger partial charge in [0.05, 0.1) is 18.2 Å². The van der Waals surface area contributed by atoms with Crippen molar-refractivity contribution in [3.05, 3.63) is 59.2 Å². The predicted molar refractivity (Wildman–Crippen MR) is 113 cm³/mol. The van der Waals surface area contributed by atoms with Gasteiger partial charge in [-0.3, -0.25) is 0 Å². The quantitative estimate of drug-likeness (QED) is 0.548.